The molecule has 0 amide bonds. The number of hydrogen-bond donors (Lipinski definition) is 0. The quantitative estimate of drug-likeness (QED) is 0.473. The van der Waals surface area contributed by atoms with Gasteiger partial charge < -0.3 is 4.74 Å². The highest BCUT2D eigenvalue weighted by atomic mass is 35.5. The highest BCUT2D eigenvalue weighted by Crippen LogP contribution is 2.34. The Labute approximate surface area is 130 Å². The molecule has 0 saturated carbocycles. The summed E-state index contributed by atoms with van der Waals surface area (Å²) < 4.78 is 5.58. The topological polar surface area (TPSA) is 78.2 Å². The lowest BCUT2D eigenvalue weighted by atomic mass is 10.3. The van der Waals surface area contributed by atoms with Crippen LogP contribution in [-0.4, -0.2) is 14.9 Å². The van der Waals surface area contributed by atoms with Crippen LogP contribution in [-0.2, 0) is 6.42 Å². The summed E-state index contributed by atoms with van der Waals surface area (Å²) in [6, 6.07) is 3.93. The van der Waals surface area contributed by atoms with Gasteiger partial charge in [0.2, 0.25) is 5.88 Å². The van der Waals surface area contributed by atoms with Crippen molar-refractivity contribution in [1.82, 2.24) is 9.97 Å². The zero-order chi connectivity index (χ0) is 15.6. The van der Waals surface area contributed by atoms with Crippen LogP contribution in [0.25, 0.3) is 0 Å². The van der Waals surface area contributed by atoms with Gasteiger partial charge in [0.25, 0.3) is 5.69 Å². The third kappa shape index (κ3) is 3.40. The number of aromatic nitrogens is 2. The SMILES string of the molecule is CCc1nc(Cl)c(C)c(Oc2cc([N+](=O)[O-])ccc2Cl)n1. The summed E-state index contributed by atoms with van der Waals surface area (Å²) in [6.45, 7) is 3.58. The van der Waals surface area contributed by atoms with Gasteiger partial charge in [-0.15, -0.1) is 0 Å². The van der Waals surface area contributed by atoms with E-state index < -0.39 is 4.92 Å². The molecule has 2 rings (SSSR count). The van der Waals surface area contributed by atoms with Gasteiger partial charge in [-0.1, -0.05) is 30.1 Å². The maximum atomic E-state index is 10.8. The van der Waals surface area contributed by atoms with E-state index >= 15 is 0 Å². The van der Waals surface area contributed by atoms with Gasteiger partial charge in [-0.05, 0) is 13.0 Å². The minimum atomic E-state index is -0.527. The molecule has 110 valence electrons. The summed E-state index contributed by atoms with van der Waals surface area (Å²) in [7, 11) is 0. The average molecular weight is 328 g/mol. The van der Waals surface area contributed by atoms with Gasteiger partial charge >= 0.3 is 0 Å². The molecule has 6 nitrogen and oxygen atoms in total. The lowest BCUT2D eigenvalue weighted by Gasteiger charge is -2.10. The first-order valence-corrected chi connectivity index (χ1v) is 6.82. The monoisotopic (exact) mass is 327 g/mol. The minimum absolute atomic E-state index is 0.122. The molecule has 0 aliphatic heterocycles. The van der Waals surface area contributed by atoms with Crippen molar-refractivity contribution in [3.8, 4) is 11.6 Å². The van der Waals surface area contributed by atoms with E-state index in [0.717, 1.165) is 0 Å². The zero-order valence-electron chi connectivity index (χ0n) is 11.3. The number of benzene rings is 1. The zero-order valence-corrected chi connectivity index (χ0v) is 12.8. The molecule has 2 aromatic rings. The first-order valence-electron chi connectivity index (χ1n) is 6.07. The number of hydrogen-bond acceptors (Lipinski definition) is 5. The highest BCUT2D eigenvalue weighted by Gasteiger charge is 2.15. The molecule has 1 aromatic heterocycles. The Bertz CT molecular complexity index is 707. The molecular formula is C13H11Cl2N3O3. The molecule has 0 unspecified atom stereocenters. The second-order valence-corrected chi connectivity index (χ2v) is 4.95. The van der Waals surface area contributed by atoms with E-state index in [9.17, 15) is 10.1 Å². The van der Waals surface area contributed by atoms with E-state index in [-0.39, 0.29) is 27.5 Å². The summed E-state index contributed by atoms with van der Waals surface area (Å²) in [6.07, 6.45) is 0.582. The smallest absolute Gasteiger partial charge is 0.273 e. The highest BCUT2D eigenvalue weighted by molar-refractivity contribution is 6.32. The van der Waals surface area contributed by atoms with Crippen molar-refractivity contribution in [2.45, 2.75) is 20.3 Å². The van der Waals surface area contributed by atoms with Crippen molar-refractivity contribution in [1.29, 1.82) is 0 Å². The van der Waals surface area contributed by atoms with Gasteiger partial charge in [-0.3, -0.25) is 10.1 Å². The molecule has 0 spiro atoms. The first kappa shape index (κ1) is 15.5. The maximum absolute atomic E-state index is 10.8. The molecule has 8 heteroatoms. The van der Waals surface area contributed by atoms with Gasteiger partial charge in [0.05, 0.1) is 16.0 Å². The Hall–Kier alpha value is -1.92. The number of aryl methyl sites for hydroxylation is 1. The summed E-state index contributed by atoms with van der Waals surface area (Å²) in [5, 5.41) is 11.3. The molecule has 0 aliphatic rings. The van der Waals surface area contributed by atoms with Crippen molar-refractivity contribution < 1.29 is 9.66 Å². The molecule has 0 saturated heterocycles. The number of nitro benzene ring substituents is 1. The molecule has 0 N–H and O–H groups in total. The number of ether oxygens (including phenoxy) is 1. The Morgan fingerprint density at radius 2 is 2.05 bits per heavy atom. The van der Waals surface area contributed by atoms with Gasteiger partial charge in [-0.25, -0.2) is 4.98 Å². The number of rotatable bonds is 4. The number of nitrogens with zero attached hydrogens (tertiary/aromatic N) is 3. The van der Waals surface area contributed by atoms with Gasteiger partial charge in [-0.2, -0.15) is 4.98 Å². The fourth-order valence-corrected chi connectivity index (χ4v) is 1.89. The standard InChI is InChI=1S/C13H11Cl2N3O3/c1-3-11-16-12(15)7(2)13(17-11)21-10-6-8(18(19)20)4-5-9(10)14/h4-6H,3H2,1-2H3. The Morgan fingerprint density at radius 3 is 2.67 bits per heavy atom. The van der Waals surface area contributed by atoms with Crippen molar-refractivity contribution in [3.63, 3.8) is 0 Å². The molecule has 0 atom stereocenters. The maximum Gasteiger partial charge on any atom is 0.273 e. The Kier molecular flexibility index (Phi) is 4.59. The summed E-state index contributed by atoms with van der Waals surface area (Å²) >= 11 is 12.0. The normalized spacial score (nSPS) is 10.5. The van der Waals surface area contributed by atoms with Crippen LogP contribution in [0.5, 0.6) is 11.6 Å². The molecule has 0 bridgehead atoms. The van der Waals surface area contributed by atoms with E-state index in [0.29, 0.717) is 17.8 Å². The van der Waals surface area contributed by atoms with Crippen LogP contribution in [0.15, 0.2) is 18.2 Å². The third-order valence-electron chi connectivity index (χ3n) is 2.74. The second-order valence-electron chi connectivity index (χ2n) is 4.19. The van der Waals surface area contributed by atoms with Crippen molar-refractivity contribution in [2.75, 3.05) is 0 Å². The van der Waals surface area contributed by atoms with Gasteiger partial charge in [0.15, 0.2) is 5.75 Å². The Morgan fingerprint density at radius 1 is 1.33 bits per heavy atom. The molecular weight excluding hydrogens is 317 g/mol. The second kappa shape index (κ2) is 6.24. The predicted octanol–water partition coefficient (Wildman–Crippen LogP) is 4.35. The summed E-state index contributed by atoms with van der Waals surface area (Å²) in [5.41, 5.74) is 0.416. The average Bonchev–Trinajstić information content (AvgIpc) is 2.45. The van der Waals surface area contributed by atoms with Gasteiger partial charge in [0, 0.05) is 18.1 Å². The largest absolute Gasteiger partial charge is 0.437 e. The molecule has 1 heterocycles. The van der Waals surface area contributed by atoms with Crippen LogP contribution < -0.4 is 4.74 Å². The van der Waals surface area contributed by atoms with Crippen LogP contribution in [0.4, 0.5) is 5.69 Å². The lowest BCUT2D eigenvalue weighted by molar-refractivity contribution is -0.384. The summed E-state index contributed by atoms with van der Waals surface area (Å²) in [4.78, 5) is 18.6. The molecule has 0 radical (unpaired) electrons. The molecule has 0 aliphatic carbocycles. The predicted molar refractivity (Wildman–Crippen MR) is 79.3 cm³/mol. The molecule has 21 heavy (non-hydrogen) atoms. The van der Waals surface area contributed by atoms with E-state index in [2.05, 4.69) is 9.97 Å². The van der Waals surface area contributed by atoms with Crippen LogP contribution in [0, 0.1) is 17.0 Å². The van der Waals surface area contributed by atoms with Crippen LogP contribution in [0.3, 0.4) is 0 Å². The Balaban J connectivity index is 2.44. The summed E-state index contributed by atoms with van der Waals surface area (Å²) in [5.74, 6) is 0.891. The van der Waals surface area contributed by atoms with Crippen LogP contribution >= 0.6 is 23.2 Å². The van der Waals surface area contributed by atoms with Gasteiger partial charge in [0.1, 0.15) is 11.0 Å². The lowest BCUT2D eigenvalue weighted by Crippen LogP contribution is -2.00. The first-order chi connectivity index (χ1) is 9.92. The number of halogens is 2. The van der Waals surface area contributed by atoms with Crippen LogP contribution in [0.1, 0.15) is 18.3 Å². The fourth-order valence-electron chi connectivity index (χ4n) is 1.56. The molecule has 0 fully saturated rings. The molecule has 1 aromatic carbocycles. The van der Waals surface area contributed by atoms with Crippen molar-refractivity contribution in [2.24, 2.45) is 0 Å². The number of nitro groups is 1. The third-order valence-corrected chi connectivity index (χ3v) is 3.42. The van der Waals surface area contributed by atoms with E-state index in [1.807, 2.05) is 6.92 Å². The van der Waals surface area contributed by atoms with E-state index in [1.165, 1.54) is 18.2 Å². The van der Waals surface area contributed by atoms with E-state index in [1.54, 1.807) is 6.92 Å². The number of non-ortho nitro benzene ring substituents is 1. The van der Waals surface area contributed by atoms with Crippen LogP contribution in [0.2, 0.25) is 10.2 Å². The van der Waals surface area contributed by atoms with E-state index in [4.69, 9.17) is 27.9 Å². The fraction of sp³-hybridized carbons (Fsp3) is 0.231. The van der Waals surface area contributed by atoms with Crippen molar-refractivity contribution >= 4 is 28.9 Å². The van der Waals surface area contributed by atoms with Crippen molar-refractivity contribution in [3.05, 3.63) is 49.9 Å². The minimum Gasteiger partial charge on any atom is -0.437 e.